The van der Waals surface area contributed by atoms with Crippen LogP contribution in [0.2, 0.25) is 0 Å². The van der Waals surface area contributed by atoms with E-state index in [4.69, 9.17) is 14.2 Å². The van der Waals surface area contributed by atoms with Crippen molar-refractivity contribution in [1.82, 2.24) is 4.31 Å². The number of hydrogen-bond acceptors (Lipinski definition) is 6. The molecule has 0 aliphatic carbocycles. The lowest BCUT2D eigenvalue weighted by Crippen LogP contribution is -2.41. The van der Waals surface area contributed by atoms with Crippen LogP contribution in [-0.4, -0.2) is 66.2 Å². The van der Waals surface area contributed by atoms with E-state index in [-0.39, 0.29) is 23.5 Å². The number of nitrogens with zero attached hydrogens (tertiary/aromatic N) is 2. The molecule has 0 radical (unpaired) electrons. The molecule has 0 aromatic heterocycles. The topological polar surface area (TPSA) is 85.4 Å². The number of anilines is 1. The van der Waals surface area contributed by atoms with Gasteiger partial charge in [-0.25, -0.2) is 8.42 Å². The summed E-state index contributed by atoms with van der Waals surface area (Å²) >= 11 is 0. The molecule has 1 saturated heterocycles. The van der Waals surface area contributed by atoms with E-state index in [0.29, 0.717) is 30.4 Å². The predicted octanol–water partition coefficient (Wildman–Crippen LogP) is 2.00. The third kappa shape index (κ3) is 4.21. The Morgan fingerprint density at radius 1 is 1.03 bits per heavy atom. The zero-order chi connectivity index (χ0) is 21.0. The van der Waals surface area contributed by atoms with E-state index in [1.165, 1.54) is 35.6 Å². The molecule has 1 aliphatic rings. The molecule has 0 unspecified atom stereocenters. The monoisotopic (exact) mass is 420 g/mol. The Bertz CT molecular complexity index is 986. The zero-order valence-corrected chi connectivity index (χ0v) is 17.4. The van der Waals surface area contributed by atoms with Gasteiger partial charge in [-0.2, -0.15) is 4.31 Å². The second-order valence-electron chi connectivity index (χ2n) is 6.42. The van der Waals surface area contributed by atoms with E-state index in [1.807, 2.05) is 0 Å². The highest BCUT2D eigenvalue weighted by molar-refractivity contribution is 7.89. The average molecular weight is 420 g/mol. The van der Waals surface area contributed by atoms with Gasteiger partial charge in [0, 0.05) is 31.9 Å². The van der Waals surface area contributed by atoms with Gasteiger partial charge in [0.2, 0.25) is 10.0 Å². The summed E-state index contributed by atoms with van der Waals surface area (Å²) in [7, 11) is 0.804. The number of amides is 1. The van der Waals surface area contributed by atoms with Crippen molar-refractivity contribution in [3.05, 3.63) is 48.0 Å². The standard InChI is InChI=1S/C20H24N2O6S/c1-21(15-8-9-17(26-2)18(14-15)27-3)20(23)16-6-4-5-7-19(16)29(24,25)22-10-12-28-13-11-22/h4-9,14H,10-13H2,1-3H3. The highest BCUT2D eigenvalue weighted by Gasteiger charge is 2.31. The summed E-state index contributed by atoms with van der Waals surface area (Å²) in [4.78, 5) is 14.6. The van der Waals surface area contributed by atoms with Crippen LogP contribution in [0, 0.1) is 0 Å². The molecule has 1 amide bonds. The summed E-state index contributed by atoms with van der Waals surface area (Å²) < 4.78 is 43.3. The van der Waals surface area contributed by atoms with Gasteiger partial charge < -0.3 is 19.1 Å². The van der Waals surface area contributed by atoms with Crippen molar-refractivity contribution in [2.45, 2.75) is 4.90 Å². The minimum atomic E-state index is -3.82. The van der Waals surface area contributed by atoms with Gasteiger partial charge in [0.15, 0.2) is 11.5 Å². The number of benzene rings is 2. The van der Waals surface area contributed by atoms with E-state index >= 15 is 0 Å². The van der Waals surface area contributed by atoms with Crippen LogP contribution < -0.4 is 14.4 Å². The third-order valence-corrected chi connectivity index (χ3v) is 6.72. The molecule has 2 aromatic carbocycles. The summed E-state index contributed by atoms with van der Waals surface area (Å²) in [5.41, 5.74) is 0.655. The van der Waals surface area contributed by atoms with E-state index in [2.05, 4.69) is 0 Å². The number of sulfonamides is 1. The van der Waals surface area contributed by atoms with Crippen LogP contribution in [-0.2, 0) is 14.8 Å². The summed E-state index contributed by atoms with van der Waals surface area (Å²) in [5.74, 6) is 0.566. The summed E-state index contributed by atoms with van der Waals surface area (Å²) in [5, 5.41) is 0. The number of carbonyl (C=O) groups excluding carboxylic acids is 1. The Labute approximate surface area is 170 Å². The highest BCUT2D eigenvalue weighted by atomic mass is 32.2. The molecule has 0 atom stereocenters. The van der Waals surface area contributed by atoms with Crippen molar-refractivity contribution < 1.29 is 27.4 Å². The number of morpholine rings is 1. The largest absolute Gasteiger partial charge is 0.493 e. The van der Waals surface area contributed by atoms with E-state index in [9.17, 15) is 13.2 Å². The Kier molecular flexibility index (Phi) is 6.41. The first-order valence-corrected chi connectivity index (χ1v) is 10.5. The van der Waals surface area contributed by atoms with Crippen LogP contribution in [0.15, 0.2) is 47.4 Å². The van der Waals surface area contributed by atoms with Gasteiger partial charge in [-0.3, -0.25) is 4.79 Å². The maximum absolute atomic E-state index is 13.2. The van der Waals surface area contributed by atoms with E-state index in [0.717, 1.165) is 0 Å². The summed E-state index contributed by atoms with van der Waals surface area (Å²) in [6.07, 6.45) is 0. The highest BCUT2D eigenvalue weighted by Crippen LogP contribution is 2.32. The quantitative estimate of drug-likeness (QED) is 0.711. The SMILES string of the molecule is COc1ccc(N(C)C(=O)c2ccccc2S(=O)(=O)N2CCOCC2)cc1OC. The lowest BCUT2D eigenvalue weighted by Gasteiger charge is -2.27. The first-order valence-electron chi connectivity index (χ1n) is 9.07. The van der Waals surface area contributed by atoms with Gasteiger partial charge in [0.25, 0.3) is 5.91 Å². The molecule has 0 bridgehead atoms. The van der Waals surface area contributed by atoms with Crippen LogP contribution in [0.4, 0.5) is 5.69 Å². The van der Waals surface area contributed by atoms with Crippen LogP contribution in [0.5, 0.6) is 11.5 Å². The van der Waals surface area contributed by atoms with Crippen molar-refractivity contribution in [2.75, 3.05) is 52.5 Å². The molecule has 29 heavy (non-hydrogen) atoms. The molecule has 0 N–H and O–H groups in total. The van der Waals surface area contributed by atoms with Crippen molar-refractivity contribution >= 4 is 21.6 Å². The third-order valence-electron chi connectivity index (χ3n) is 4.76. The maximum Gasteiger partial charge on any atom is 0.259 e. The first kappa shape index (κ1) is 21.1. The molecular weight excluding hydrogens is 396 g/mol. The van der Waals surface area contributed by atoms with E-state index < -0.39 is 15.9 Å². The Hall–Kier alpha value is -2.62. The van der Waals surface area contributed by atoms with Crippen LogP contribution in [0.25, 0.3) is 0 Å². The average Bonchev–Trinajstić information content (AvgIpc) is 2.78. The Balaban J connectivity index is 1.96. The van der Waals surface area contributed by atoms with Gasteiger partial charge in [-0.1, -0.05) is 12.1 Å². The fraction of sp³-hybridized carbons (Fsp3) is 0.350. The van der Waals surface area contributed by atoms with Crippen molar-refractivity contribution in [2.24, 2.45) is 0 Å². The van der Waals surface area contributed by atoms with Gasteiger partial charge in [-0.05, 0) is 24.3 Å². The number of ether oxygens (including phenoxy) is 3. The van der Waals surface area contributed by atoms with Crippen molar-refractivity contribution in [3.63, 3.8) is 0 Å². The second kappa shape index (κ2) is 8.81. The molecule has 3 rings (SSSR count). The molecule has 156 valence electrons. The molecule has 1 fully saturated rings. The van der Waals surface area contributed by atoms with Crippen LogP contribution >= 0.6 is 0 Å². The minimum absolute atomic E-state index is 0.0146. The summed E-state index contributed by atoms with van der Waals surface area (Å²) in [6.45, 7) is 1.19. The van der Waals surface area contributed by atoms with Crippen molar-refractivity contribution in [3.8, 4) is 11.5 Å². The molecule has 0 spiro atoms. The molecule has 0 saturated carbocycles. The minimum Gasteiger partial charge on any atom is -0.493 e. The Morgan fingerprint density at radius 2 is 1.69 bits per heavy atom. The Morgan fingerprint density at radius 3 is 2.34 bits per heavy atom. The molecular formula is C20H24N2O6S. The molecule has 8 nitrogen and oxygen atoms in total. The predicted molar refractivity (Wildman–Crippen MR) is 108 cm³/mol. The number of hydrogen-bond donors (Lipinski definition) is 0. The van der Waals surface area contributed by atoms with Crippen molar-refractivity contribution in [1.29, 1.82) is 0 Å². The molecule has 1 aliphatic heterocycles. The van der Waals surface area contributed by atoms with Gasteiger partial charge in [0.05, 0.1) is 37.9 Å². The van der Waals surface area contributed by atoms with Gasteiger partial charge in [-0.15, -0.1) is 0 Å². The fourth-order valence-electron chi connectivity index (χ4n) is 3.13. The molecule has 1 heterocycles. The smallest absolute Gasteiger partial charge is 0.259 e. The maximum atomic E-state index is 13.2. The normalized spacial score (nSPS) is 15.0. The van der Waals surface area contributed by atoms with Gasteiger partial charge in [0.1, 0.15) is 0 Å². The fourth-order valence-corrected chi connectivity index (χ4v) is 4.72. The number of methoxy groups -OCH3 is 2. The molecule has 9 heteroatoms. The lowest BCUT2D eigenvalue weighted by atomic mass is 10.2. The number of carbonyl (C=O) groups is 1. The molecule has 2 aromatic rings. The van der Waals surface area contributed by atoms with E-state index in [1.54, 1.807) is 37.4 Å². The zero-order valence-electron chi connectivity index (χ0n) is 16.6. The number of rotatable bonds is 6. The second-order valence-corrected chi connectivity index (χ2v) is 8.32. The van der Waals surface area contributed by atoms with Gasteiger partial charge >= 0.3 is 0 Å². The first-order chi connectivity index (χ1) is 13.9. The van der Waals surface area contributed by atoms with Crippen LogP contribution in [0.1, 0.15) is 10.4 Å². The van der Waals surface area contributed by atoms with Crippen LogP contribution in [0.3, 0.4) is 0 Å². The lowest BCUT2D eigenvalue weighted by molar-refractivity contribution is 0.0730. The summed E-state index contributed by atoms with van der Waals surface area (Å²) in [6, 6.07) is 11.3.